The van der Waals surface area contributed by atoms with Crippen LogP contribution in [0, 0.1) is 5.92 Å². The SMILES string of the molecule is COc1cccc(S(=O)(=O)N2C(C)CC3CNCC32)c1. The molecule has 0 saturated carbocycles. The van der Waals surface area contributed by atoms with Gasteiger partial charge >= 0.3 is 0 Å². The van der Waals surface area contributed by atoms with Crippen LogP contribution in [0.25, 0.3) is 0 Å². The lowest BCUT2D eigenvalue weighted by Gasteiger charge is -2.26. The molecular formula is C14H20N2O3S. The molecule has 2 fully saturated rings. The molecule has 0 amide bonds. The van der Waals surface area contributed by atoms with E-state index in [1.54, 1.807) is 35.7 Å². The normalized spacial score (nSPS) is 30.4. The van der Waals surface area contributed by atoms with Crippen LogP contribution in [0.4, 0.5) is 0 Å². The molecule has 2 heterocycles. The fourth-order valence-electron chi connectivity index (χ4n) is 3.42. The van der Waals surface area contributed by atoms with Gasteiger partial charge in [-0.2, -0.15) is 4.31 Å². The van der Waals surface area contributed by atoms with Crippen LogP contribution in [-0.4, -0.2) is 45.0 Å². The molecule has 1 aromatic rings. The van der Waals surface area contributed by atoms with Gasteiger partial charge < -0.3 is 10.1 Å². The molecule has 20 heavy (non-hydrogen) atoms. The molecule has 3 unspecified atom stereocenters. The van der Waals surface area contributed by atoms with Crippen molar-refractivity contribution in [2.45, 2.75) is 30.3 Å². The summed E-state index contributed by atoms with van der Waals surface area (Å²) in [6.07, 6.45) is 0.931. The quantitative estimate of drug-likeness (QED) is 0.906. The molecule has 2 aliphatic heterocycles. The summed E-state index contributed by atoms with van der Waals surface area (Å²) in [4.78, 5) is 0.316. The summed E-state index contributed by atoms with van der Waals surface area (Å²) in [5.74, 6) is 1.00. The summed E-state index contributed by atoms with van der Waals surface area (Å²) < 4.78 is 32.6. The summed E-state index contributed by atoms with van der Waals surface area (Å²) in [6.45, 7) is 3.66. The van der Waals surface area contributed by atoms with Crippen molar-refractivity contribution < 1.29 is 13.2 Å². The Bertz CT molecular complexity index is 602. The first kappa shape index (κ1) is 13.9. The molecule has 1 aromatic carbocycles. The predicted molar refractivity (Wildman–Crippen MR) is 76.2 cm³/mol. The first-order valence-electron chi connectivity index (χ1n) is 6.92. The van der Waals surface area contributed by atoms with Gasteiger partial charge in [0.25, 0.3) is 0 Å². The maximum absolute atomic E-state index is 12.9. The molecule has 0 spiro atoms. The lowest BCUT2D eigenvalue weighted by atomic mass is 10.0. The van der Waals surface area contributed by atoms with E-state index < -0.39 is 10.0 Å². The lowest BCUT2D eigenvalue weighted by molar-refractivity contribution is 0.335. The second kappa shape index (κ2) is 5.02. The smallest absolute Gasteiger partial charge is 0.243 e. The van der Waals surface area contributed by atoms with E-state index >= 15 is 0 Å². The maximum Gasteiger partial charge on any atom is 0.243 e. The van der Waals surface area contributed by atoms with Crippen LogP contribution in [0.2, 0.25) is 0 Å². The van der Waals surface area contributed by atoms with Gasteiger partial charge in [0.1, 0.15) is 5.75 Å². The number of fused-ring (bicyclic) bond motifs is 1. The zero-order valence-corrected chi connectivity index (χ0v) is 12.6. The highest BCUT2D eigenvalue weighted by Gasteiger charge is 2.47. The standard InChI is InChI=1S/C14H20N2O3S/c1-10-6-11-8-15-9-14(11)16(10)20(17,18)13-5-3-4-12(7-13)19-2/h3-5,7,10-11,14-15H,6,8-9H2,1-2H3. The fraction of sp³-hybridized carbons (Fsp3) is 0.571. The summed E-state index contributed by atoms with van der Waals surface area (Å²) in [6, 6.07) is 6.85. The minimum absolute atomic E-state index is 0.0586. The topological polar surface area (TPSA) is 58.6 Å². The van der Waals surface area contributed by atoms with Crippen molar-refractivity contribution in [2.75, 3.05) is 20.2 Å². The van der Waals surface area contributed by atoms with Gasteiger partial charge in [-0.25, -0.2) is 8.42 Å². The second-order valence-corrected chi connectivity index (χ2v) is 7.43. The van der Waals surface area contributed by atoms with Gasteiger partial charge in [-0.05, 0) is 37.9 Å². The van der Waals surface area contributed by atoms with E-state index in [-0.39, 0.29) is 12.1 Å². The second-order valence-electron chi connectivity index (χ2n) is 5.58. The van der Waals surface area contributed by atoms with Crippen molar-refractivity contribution in [2.24, 2.45) is 5.92 Å². The van der Waals surface area contributed by atoms with Crippen molar-refractivity contribution in [3.05, 3.63) is 24.3 Å². The van der Waals surface area contributed by atoms with Gasteiger partial charge in [0.2, 0.25) is 10.0 Å². The molecule has 110 valence electrons. The summed E-state index contributed by atoms with van der Waals surface area (Å²) in [5.41, 5.74) is 0. The van der Waals surface area contributed by atoms with Crippen LogP contribution in [0.15, 0.2) is 29.2 Å². The van der Waals surface area contributed by atoms with Crippen molar-refractivity contribution >= 4 is 10.0 Å². The fourth-order valence-corrected chi connectivity index (χ4v) is 5.35. The molecule has 1 N–H and O–H groups in total. The summed E-state index contributed by atoms with van der Waals surface area (Å²) >= 11 is 0. The van der Waals surface area contributed by atoms with Crippen LogP contribution in [0.5, 0.6) is 5.75 Å². The van der Waals surface area contributed by atoms with Gasteiger partial charge in [0, 0.05) is 24.7 Å². The van der Waals surface area contributed by atoms with Gasteiger partial charge in [0.05, 0.1) is 12.0 Å². The number of rotatable bonds is 3. The van der Waals surface area contributed by atoms with E-state index in [1.807, 2.05) is 6.92 Å². The average molecular weight is 296 g/mol. The molecule has 0 radical (unpaired) electrons. The molecule has 0 aromatic heterocycles. The Morgan fingerprint density at radius 2 is 2.15 bits per heavy atom. The Morgan fingerprint density at radius 3 is 2.90 bits per heavy atom. The van der Waals surface area contributed by atoms with Crippen LogP contribution in [0.1, 0.15) is 13.3 Å². The molecular weight excluding hydrogens is 276 g/mol. The van der Waals surface area contributed by atoms with E-state index in [9.17, 15) is 8.42 Å². The van der Waals surface area contributed by atoms with E-state index in [1.165, 1.54) is 0 Å². The molecule has 3 rings (SSSR count). The van der Waals surface area contributed by atoms with Crippen molar-refractivity contribution in [3.8, 4) is 5.75 Å². The van der Waals surface area contributed by atoms with Gasteiger partial charge in [0.15, 0.2) is 0 Å². The third-order valence-corrected chi connectivity index (χ3v) is 6.36. The number of methoxy groups -OCH3 is 1. The van der Waals surface area contributed by atoms with E-state index in [2.05, 4.69) is 5.32 Å². The highest BCUT2D eigenvalue weighted by Crippen LogP contribution is 2.37. The van der Waals surface area contributed by atoms with E-state index in [0.717, 1.165) is 19.5 Å². The van der Waals surface area contributed by atoms with E-state index in [4.69, 9.17) is 4.74 Å². The van der Waals surface area contributed by atoms with Crippen molar-refractivity contribution in [3.63, 3.8) is 0 Å². The van der Waals surface area contributed by atoms with Crippen molar-refractivity contribution in [1.82, 2.24) is 9.62 Å². The molecule has 3 atom stereocenters. The summed E-state index contributed by atoms with van der Waals surface area (Å²) in [7, 11) is -1.92. The Morgan fingerprint density at radius 1 is 1.35 bits per heavy atom. The highest BCUT2D eigenvalue weighted by atomic mass is 32.2. The van der Waals surface area contributed by atoms with Gasteiger partial charge in [-0.3, -0.25) is 0 Å². The highest BCUT2D eigenvalue weighted by molar-refractivity contribution is 7.89. The van der Waals surface area contributed by atoms with E-state index in [0.29, 0.717) is 16.6 Å². The number of sulfonamides is 1. The predicted octanol–water partition coefficient (Wildman–Crippen LogP) is 1.07. The summed E-state index contributed by atoms with van der Waals surface area (Å²) in [5, 5.41) is 3.29. The molecule has 6 heteroatoms. The molecule has 0 bridgehead atoms. The van der Waals surface area contributed by atoms with Gasteiger partial charge in [-0.15, -0.1) is 0 Å². The zero-order valence-electron chi connectivity index (χ0n) is 11.7. The number of hydrogen-bond acceptors (Lipinski definition) is 4. The number of nitrogens with zero attached hydrogens (tertiary/aromatic N) is 1. The lowest BCUT2D eigenvalue weighted by Crippen LogP contribution is -2.42. The minimum atomic E-state index is -3.46. The van der Waals surface area contributed by atoms with Crippen LogP contribution >= 0.6 is 0 Å². The van der Waals surface area contributed by atoms with Gasteiger partial charge in [-0.1, -0.05) is 6.07 Å². The largest absolute Gasteiger partial charge is 0.497 e. The van der Waals surface area contributed by atoms with Crippen LogP contribution in [-0.2, 0) is 10.0 Å². The monoisotopic (exact) mass is 296 g/mol. The Labute approximate surface area is 120 Å². The number of ether oxygens (including phenoxy) is 1. The third kappa shape index (κ3) is 2.12. The number of hydrogen-bond donors (Lipinski definition) is 1. The van der Waals surface area contributed by atoms with Crippen LogP contribution in [0.3, 0.4) is 0 Å². The Hall–Kier alpha value is -1.11. The molecule has 2 saturated heterocycles. The first-order valence-corrected chi connectivity index (χ1v) is 8.36. The molecule has 2 aliphatic rings. The van der Waals surface area contributed by atoms with Crippen molar-refractivity contribution in [1.29, 1.82) is 0 Å². The third-order valence-electron chi connectivity index (χ3n) is 4.33. The zero-order chi connectivity index (χ0) is 14.3. The minimum Gasteiger partial charge on any atom is -0.497 e. The molecule has 5 nitrogen and oxygen atoms in total. The van der Waals surface area contributed by atoms with Crippen LogP contribution < -0.4 is 10.1 Å². The number of benzene rings is 1. The Kier molecular flexibility index (Phi) is 3.48. The average Bonchev–Trinajstić information content (AvgIpc) is 2.98. The number of nitrogens with one attached hydrogen (secondary N) is 1. The maximum atomic E-state index is 12.9. The Balaban J connectivity index is 1.98. The first-order chi connectivity index (χ1) is 9.54. The molecule has 0 aliphatic carbocycles.